The first-order valence-corrected chi connectivity index (χ1v) is 6.65. The van der Waals surface area contributed by atoms with Crippen LogP contribution in [0.2, 0.25) is 0 Å². The molecule has 0 N–H and O–H groups in total. The number of carbonyl (C=O) groups excluding carboxylic acids is 1. The van der Waals surface area contributed by atoms with Gasteiger partial charge in [-0.1, -0.05) is 33.3 Å². The van der Waals surface area contributed by atoms with Gasteiger partial charge in [-0.3, -0.25) is 4.79 Å². The second kappa shape index (κ2) is 2.80. The quantitative estimate of drug-likeness (QED) is 0.607. The molecule has 0 radical (unpaired) electrons. The number of carbonyl (C=O) groups is 1. The summed E-state index contributed by atoms with van der Waals surface area (Å²) in [6, 6.07) is 0. The van der Waals surface area contributed by atoms with E-state index >= 15 is 0 Å². The van der Waals surface area contributed by atoms with Crippen molar-refractivity contribution in [2.75, 3.05) is 0 Å². The first-order valence-electron chi connectivity index (χ1n) is 6.65. The summed E-state index contributed by atoms with van der Waals surface area (Å²) in [5, 5.41) is 0. The molecule has 3 unspecified atom stereocenters. The largest absolute Gasteiger partial charge is 0.295 e. The summed E-state index contributed by atoms with van der Waals surface area (Å²) in [5.74, 6) is 2.00. The fraction of sp³-hybridized carbons (Fsp3) is 0.800. The average molecular weight is 218 g/mol. The van der Waals surface area contributed by atoms with E-state index in [1.54, 1.807) is 0 Å². The first-order chi connectivity index (χ1) is 7.39. The van der Waals surface area contributed by atoms with Crippen LogP contribution in [0.4, 0.5) is 0 Å². The lowest BCUT2D eigenvalue weighted by molar-refractivity contribution is -0.120. The van der Waals surface area contributed by atoms with Gasteiger partial charge < -0.3 is 0 Å². The third kappa shape index (κ3) is 0.959. The molecule has 1 heteroatoms. The lowest BCUT2D eigenvalue weighted by atomic mass is 9.62. The molecular weight excluding hydrogens is 196 g/mol. The van der Waals surface area contributed by atoms with Crippen LogP contribution in [0.25, 0.3) is 0 Å². The molecule has 0 aromatic carbocycles. The smallest absolute Gasteiger partial charge is 0.159 e. The van der Waals surface area contributed by atoms with E-state index < -0.39 is 0 Å². The minimum atomic E-state index is 0.238. The van der Waals surface area contributed by atoms with Crippen LogP contribution in [0, 0.1) is 28.6 Å². The molecule has 3 aliphatic carbocycles. The molecule has 1 nitrogen and oxygen atoms in total. The van der Waals surface area contributed by atoms with E-state index in [-0.39, 0.29) is 11.3 Å². The van der Waals surface area contributed by atoms with Crippen molar-refractivity contribution in [2.45, 2.75) is 47.0 Å². The highest BCUT2D eigenvalue weighted by molar-refractivity contribution is 5.97. The number of rotatable bonds is 0. The molecule has 4 atom stereocenters. The predicted octanol–water partition coefficient (Wildman–Crippen LogP) is 3.59. The third-order valence-electron chi connectivity index (χ3n) is 5.87. The van der Waals surface area contributed by atoms with E-state index in [1.807, 2.05) is 6.08 Å². The lowest BCUT2D eigenvalue weighted by Crippen LogP contribution is -2.36. The van der Waals surface area contributed by atoms with Crippen molar-refractivity contribution >= 4 is 5.78 Å². The predicted molar refractivity (Wildman–Crippen MR) is 65.0 cm³/mol. The average Bonchev–Trinajstić information content (AvgIpc) is 2.51. The molecule has 0 saturated heterocycles. The van der Waals surface area contributed by atoms with E-state index in [9.17, 15) is 4.79 Å². The molecule has 0 aromatic heterocycles. The topological polar surface area (TPSA) is 17.1 Å². The highest BCUT2D eigenvalue weighted by Gasteiger charge is 2.63. The summed E-state index contributed by atoms with van der Waals surface area (Å²) < 4.78 is 0. The number of hydrogen-bond acceptors (Lipinski definition) is 1. The third-order valence-corrected chi connectivity index (χ3v) is 5.87. The van der Waals surface area contributed by atoms with E-state index in [2.05, 4.69) is 27.7 Å². The number of allylic oxidation sites excluding steroid dienone is 2. The minimum absolute atomic E-state index is 0.238. The van der Waals surface area contributed by atoms with Gasteiger partial charge in [0, 0.05) is 11.3 Å². The standard InChI is InChI=1S/C15H22O/c1-9-5-6-11-12-7-13(16)10(2)15(9,12)8-14(11,3)4/h7,9-11H,5-6,8H2,1-4H3/t9?,10-,11?,15?/m0/s1. The molecule has 0 amide bonds. The fourth-order valence-electron chi connectivity index (χ4n) is 5.00. The molecule has 0 aliphatic heterocycles. The first kappa shape index (κ1) is 10.6. The Hall–Kier alpha value is -0.590. The van der Waals surface area contributed by atoms with Crippen molar-refractivity contribution in [3.63, 3.8) is 0 Å². The van der Waals surface area contributed by atoms with Crippen molar-refractivity contribution in [3.8, 4) is 0 Å². The summed E-state index contributed by atoms with van der Waals surface area (Å²) in [5.41, 5.74) is 2.17. The summed E-state index contributed by atoms with van der Waals surface area (Å²) in [6.07, 6.45) is 5.84. The second-order valence-corrected chi connectivity index (χ2v) is 6.96. The van der Waals surface area contributed by atoms with E-state index in [1.165, 1.54) is 24.8 Å². The Kier molecular flexibility index (Phi) is 1.85. The van der Waals surface area contributed by atoms with Crippen molar-refractivity contribution in [1.82, 2.24) is 0 Å². The van der Waals surface area contributed by atoms with Crippen LogP contribution in [0.15, 0.2) is 11.6 Å². The molecule has 3 aliphatic rings. The summed E-state index contributed by atoms with van der Waals surface area (Å²) >= 11 is 0. The van der Waals surface area contributed by atoms with Crippen LogP contribution in [0.3, 0.4) is 0 Å². The normalized spacial score (nSPS) is 49.1. The van der Waals surface area contributed by atoms with Crippen LogP contribution >= 0.6 is 0 Å². The van der Waals surface area contributed by atoms with Gasteiger partial charge in [0.05, 0.1) is 0 Å². The Labute approximate surface area is 98.3 Å². The van der Waals surface area contributed by atoms with Gasteiger partial charge in [-0.2, -0.15) is 0 Å². The molecule has 3 rings (SSSR count). The van der Waals surface area contributed by atoms with Crippen LogP contribution in [0.1, 0.15) is 47.0 Å². The van der Waals surface area contributed by atoms with Gasteiger partial charge in [0.2, 0.25) is 0 Å². The Morgan fingerprint density at radius 2 is 1.94 bits per heavy atom. The van der Waals surface area contributed by atoms with Gasteiger partial charge >= 0.3 is 0 Å². The Morgan fingerprint density at radius 3 is 2.56 bits per heavy atom. The second-order valence-electron chi connectivity index (χ2n) is 6.96. The monoisotopic (exact) mass is 218 g/mol. The number of hydrogen-bond donors (Lipinski definition) is 0. The summed E-state index contributed by atoms with van der Waals surface area (Å²) in [7, 11) is 0. The molecule has 0 spiro atoms. The molecule has 16 heavy (non-hydrogen) atoms. The van der Waals surface area contributed by atoms with Crippen LogP contribution < -0.4 is 0 Å². The molecule has 88 valence electrons. The molecule has 2 bridgehead atoms. The molecule has 0 aromatic rings. The molecule has 2 saturated carbocycles. The maximum atomic E-state index is 12.0. The van der Waals surface area contributed by atoms with Gasteiger partial charge in [-0.05, 0) is 42.6 Å². The number of ketones is 1. The maximum Gasteiger partial charge on any atom is 0.159 e. The van der Waals surface area contributed by atoms with E-state index in [0.717, 1.165) is 0 Å². The van der Waals surface area contributed by atoms with Gasteiger partial charge in [0.25, 0.3) is 0 Å². The summed E-state index contributed by atoms with van der Waals surface area (Å²) in [6.45, 7) is 9.31. The molecule has 2 fully saturated rings. The van der Waals surface area contributed by atoms with Crippen molar-refractivity contribution in [2.24, 2.45) is 28.6 Å². The van der Waals surface area contributed by atoms with E-state index in [4.69, 9.17) is 0 Å². The zero-order valence-electron chi connectivity index (χ0n) is 10.8. The molecular formula is C15H22O. The van der Waals surface area contributed by atoms with Crippen LogP contribution in [-0.4, -0.2) is 5.78 Å². The van der Waals surface area contributed by atoms with E-state index in [0.29, 0.717) is 23.0 Å². The SMILES string of the molecule is CC1CCC2C3=CC(=O)[C@H](C)C31CC2(C)C. The summed E-state index contributed by atoms with van der Waals surface area (Å²) in [4.78, 5) is 12.0. The van der Waals surface area contributed by atoms with Crippen molar-refractivity contribution in [1.29, 1.82) is 0 Å². The zero-order valence-corrected chi connectivity index (χ0v) is 10.8. The minimum Gasteiger partial charge on any atom is -0.295 e. The van der Waals surface area contributed by atoms with Crippen LogP contribution in [0.5, 0.6) is 0 Å². The Morgan fingerprint density at radius 1 is 1.25 bits per heavy atom. The van der Waals surface area contributed by atoms with Crippen molar-refractivity contribution < 1.29 is 4.79 Å². The maximum absolute atomic E-state index is 12.0. The van der Waals surface area contributed by atoms with Gasteiger partial charge in [-0.15, -0.1) is 0 Å². The highest BCUT2D eigenvalue weighted by Crippen LogP contribution is 2.70. The zero-order chi connectivity index (χ0) is 11.7. The highest BCUT2D eigenvalue weighted by atomic mass is 16.1. The Balaban J connectivity index is 2.18. The van der Waals surface area contributed by atoms with Gasteiger partial charge in [0.15, 0.2) is 5.78 Å². The van der Waals surface area contributed by atoms with Crippen molar-refractivity contribution in [3.05, 3.63) is 11.6 Å². The molecule has 0 heterocycles. The van der Waals surface area contributed by atoms with Crippen LogP contribution in [-0.2, 0) is 4.79 Å². The van der Waals surface area contributed by atoms with Gasteiger partial charge in [0.1, 0.15) is 0 Å². The fourth-order valence-corrected chi connectivity index (χ4v) is 5.00. The van der Waals surface area contributed by atoms with Gasteiger partial charge in [-0.25, -0.2) is 0 Å². The lowest BCUT2D eigenvalue weighted by Gasteiger charge is -2.41. The Bertz CT molecular complexity index is 390.